The summed E-state index contributed by atoms with van der Waals surface area (Å²) >= 11 is 0. The Balaban J connectivity index is 0. The Kier molecular flexibility index (Phi) is 7.37. The molecular weight excluding hydrogens is 134 g/mol. The van der Waals surface area contributed by atoms with E-state index in [0.717, 1.165) is 0 Å². The maximum absolute atomic E-state index is 10.4. The molecule has 0 aliphatic heterocycles. The van der Waals surface area contributed by atoms with Gasteiger partial charge in [0.1, 0.15) is 12.2 Å². The van der Waals surface area contributed by atoms with E-state index < -0.39 is 5.97 Å². The van der Waals surface area contributed by atoms with Crippen LogP contribution in [0, 0.1) is 0 Å². The Morgan fingerprint density at radius 3 is 2.20 bits per heavy atom. The molecule has 0 bridgehead atoms. The van der Waals surface area contributed by atoms with Crippen LogP contribution < -0.4 is 6.15 Å². The summed E-state index contributed by atoms with van der Waals surface area (Å²) < 4.78 is 4.49. The molecule has 0 fully saturated rings. The van der Waals surface area contributed by atoms with Gasteiger partial charge in [-0.25, -0.2) is 0 Å². The SMILES string of the molecule is CCOC(=O)CC(C)=O.N. The van der Waals surface area contributed by atoms with Crippen LogP contribution in [0.3, 0.4) is 0 Å². The molecule has 0 aromatic heterocycles. The van der Waals surface area contributed by atoms with Crippen LogP contribution in [0.5, 0.6) is 0 Å². The average molecular weight is 147 g/mol. The summed E-state index contributed by atoms with van der Waals surface area (Å²) in [5, 5.41) is 0. The van der Waals surface area contributed by atoms with Crippen molar-refractivity contribution in [3.8, 4) is 0 Å². The first-order valence-electron chi connectivity index (χ1n) is 2.82. The lowest BCUT2D eigenvalue weighted by Gasteiger charge is -1.96. The highest BCUT2D eigenvalue weighted by atomic mass is 16.5. The Morgan fingerprint density at radius 1 is 1.40 bits per heavy atom. The van der Waals surface area contributed by atoms with Gasteiger partial charge in [-0.2, -0.15) is 0 Å². The van der Waals surface area contributed by atoms with Gasteiger partial charge in [0.2, 0.25) is 0 Å². The molecule has 0 heterocycles. The predicted octanol–water partition coefficient (Wildman–Crippen LogP) is 0.691. The number of esters is 1. The zero-order valence-corrected chi connectivity index (χ0v) is 6.35. The molecule has 0 saturated heterocycles. The van der Waals surface area contributed by atoms with Gasteiger partial charge in [0.25, 0.3) is 0 Å². The van der Waals surface area contributed by atoms with Gasteiger partial charge in [-0.05, 0) is 13.8 Å². The molecule has 60 valence electrons. The zero-order valence-electron chi connectivity index (χ0n) is 6.35. The fraction of sp³-hybridized carbons (Fsp3) is 0.667. The summed E-state index contributed by atoms with van der Waals surface area (Å²) in [5.41, 5.74) is 0. The first-order valence-corrected chi connectivity index (χ1v) is 2.82. The Morgan fingerprint density at radius 2 is 1.90 bits per heavy atom. The highest BCUT2D eigenvalue weighted by Gasteiger charge is 2.03. The molecule has 0 spiro atoms. The normalized spacial score (nSPS) is 7.80. The van der Waals surface area contributed by atoms with Crippen LogP contribution in [0.25, 0.3) is 0 Å². The van der Waals surface area contributed by atoms with E-state index in [1.54, 1.807) is 6.92 Å². The van der Waals surface area contributed by atoms with E-state index in [2.05, 4.69) is 4.74 Å². The van der Waals surface area contributed by atoms with Gasteiger partial charge in [0, 0.05) is 0 Å². The molecule has 0 aliphatic carbocycles. The lowest BCUT2D eigenvalue weighted by molar-refractivity contribution is -0.145. The summed E-state index contributed by atoms with van der Waals surface area (Å²) in [6, 6.07) is 0. The topological polar surface area (TPSA) is 78.4 Å². The predicted molar refractivity (Wildman–Crippen MR) is 37.0 cm³/mol. The third-order valence-corrected chi connectivity index (χ3v) is 0.699. The number of ketones is 1. The van der Waals surface area contributed by atoms with Crippen LogP contribution in [0.2, 0.25) is 0 Å². The number of Topliss-reactive ketones (excluding diaryl/α,β-unsaturated/α-hetero) is 1. The minimum atomic E-state index is -0.440. The fourth-order valence-corrected chi connectivity index (χ4v) is 0.415. The molecule has 0 radical (unpaired) electrons. The standard InChI is InChI=1S/C6H10O3.H3N/c1-3-9-6(8)4-5(2)7;/h3-4H2,1-2H3;1H3. The van der Waals surface area contributed by atoms with Crippen LogP contribution >= 0.6 is 0 Å². The molecule has 4 heteroatoms. The number of carbonyl (C=O) groups is 2. The van der Waals surface area contributed by atoms with E-state index in [9.17, 15) is 9.59 Å². The molecule has 3 N–H and O–H groups in total. The smallest absolute Gasteiger partial charge is 0.313 e. The second-order valence-corrected chi connectivity index (χ2v) is 1.68. The van der Waals surface area contributed by atoms with Crippen LogP contribution in [-0.4, -0.2) is 18.4 Å². The van der Waals surface area contributed by atoms with Crippen molar-refractivity contribution in [3.05, 3.63) is 0 Å². The Labute approximate surface area is 60.1 Å². The summed E-state index contributed by atoms with van der Waals surface area (Å²) in [6.45, 7) is 3.40. The average Bonchev–Trinajstić information content (AvgIpc) is 1.63. The molecule has 0 atom stereocenters. The summed E-state index contributed by atoms with van der Waals surface area (Å²) in [6.07, 6.45) is -0.103. The van der Waals surface area contributed by atoms with Crippen molar-refractivity contribution >= 4 is 11.8 Å². The molecule has 0 aromatic rings. The number of ether oxygens (including phenoxy) is 1. The third-order valence-electron chi connectivity index (χ3n) is 0.699. The van der Waals surface area contributed by atoms with E-state index in [-0.39, 0.29) is 18.4 Å². The van der Waals surface area contributed by atoms with Gasteiger partial charge in [0.05, 0.1) is 6.61 Å². The van der Waals surface area contributed by atoms with E-state index in [1.807, 2.05) is 0 Å². The van der Waals surface area contributed by atoms with Crippen molar-refractivity contribution < 1.29 is 14.3 Å². The minimum absolute atomic E-state index is 0. The van der Waals surface area contributed by atoms with E-state index >= 15 is 0 Å². The monoisotopic (exact) mass is 147 g/mol. The second-order valence-electron chi connectivity index (χ2n) is 1.68. The number of rotatable bonds is 3. The number of carbonyl (C=O) groups excluding carboxylic acids is 2. The quantitative estimate of drug-likeness (QED) is 0.470. The van der Waals surface area contributed by atoms with Crippen molar-refractivity contribution in [1.29, 1.82) is 0 Å². The minimum Gasteiger partial charge on any atom is -0.466 e. The maximum atomic E-state index is 10.4. The van der Waals surface area contributed by atoms with Gasteiger partial charge in [-0.1, -0.05) is 0 Å². The van der Waals surface area contributed by atoms with Crippen LogP contribution in [-0.2, 0) is 14.3 Å². The summed E-state index contributed by atoms with van der Waals surface area (Å²) in [4.78, 5) is 20.6. The highest BCUT2D eigenvalue weighted by molar-refractivity contribution is 5.94. The fourth-order valence-electron chi connectivity index (χ4n) is 0.415. The van der Waals surface area contributed by atoms with Gasteiger partial charge >= 0.3 is 5.97 Å². The number of hydrogen-bond donors (Lipinski definition) is 1. The first-order chi connectivity index (χ1) is 4.16. The van der Waals surface area contributed by atoms with Crippen molar-refractivity contribution in [2.45, 2.75) is 20.3 Å². The second kappa shape index (κ2) is 6.22. The van der Waals surface area contributed by atoms with Gasteiger partial charge in [-0.15, -0.1) is 0 Å². The first kappa shape index (κ1) is 11.8. The van der Waals surface area contributed by atoms with Crippen molar-refractivity contribution in [1.82, 2.24) is 6.15 Å². The molecule has 10 heavy (non-hydrogen) atoms. The van der Waals surface area contributed by atoms with Crippen molar-refractivity contribution in [3.63, 3.8) is 0 Å². The molecule has 0 aliphatic rings. The third kappa shape index (κ3) is 7.10. The van der Waals surface area contributed by atoms with Gasteiger partial charge in [-0.3, -0.25) is 9.59 Å². The maximum Gasteiger partial charge on any atom is 0.313 e. The van der Waals surface area contributed by atoms with Crippen molar-refractivity contribution in [2.75, 3.05) is 6.61 Å². The van der Waals surface area contributed by atoms with E-state index in [4.69, 9.17) is 0 Å². The lowest BCUT2D eigenvalue weighted by Crippen LogP contribution is -2.07. The van der Waals surface area contributed by atoms with Crippen molar-refractivity contribution in [2.24, 2.45) is 0 Å². The lowest BCUT2D eigenvalue weighted by atomic mass is 10.3. The largest absolute Gasteiger partial charge is 0.466 e. The van der Waals surface area contributed by atoms with Gasteiger partial charge in [0.15, 0.2) is 0 Å². The molecule has 0 amide bonds. The van der Waals surface area contributed by atoms with Crippen LogP contribution in [0.1, 0.15) is 20.3 Å². The molecule has 0 saturated carbocycles. The Hall–Kier alpha value is -0.900. The molecule has 0 unspecified atom stereocenters. The molecule has 4 nitrogen and oxygen atoms in total. The molecule has 0 rings (SSSR count). The molecular formula is C6H13NO3. The summed E-state index contributed by atoms with van der Waals surface area (Å²) in [5.74, 6) is -0.599. The molecule has 0 aromatic carbocycles. The van der Waals surface area contributed by atoms with Crippen LogP contribution in [0.4, 0.5) is 0 Å². The van der Waals surface area contributed by atoms with E-state index in [1.165, 1.54) is 6.92 Å². The zero-order chi connectivity index (χ0) is 7.28. The Bertz CT molecular complexity index is 122. The number of hydrogen-bond acceptors (Lipinski definition) is 4. The van der Waals surface area contributed by atoms with E-state index in [0.29, 0.717) is 6.61 Å². The highest BCUT2D eigenvalue weighted by Crippen LogP contribution is 1.86. The van der Waals surface area contributed by atoms with Gasteiger partial charge < -0.3 is 10.9 Å². The van der Waals surface area contributed by atoms with Crippen LogP contribution in [0.15, 0.2) is 0 Å². The summed E-state index contributed by atoms with van der Waals surface area (Å²) in [7, 11) is 0.